The Hall–Kier alpha value is -2.55. The monoisotopic (exact) mass is 282 g/mol. The van der Waals surface area contributed by atoms with E-state index in [-0.39, 0.29) is 5.97 Å². The number of hydrogen-bond acceptors (Lipinski definition) is 3. The van der Waals surface area contributed by atoms with Crippen molar-refractivity contribution in [3.05, 3.63) is 65.7 Å². The summed E-state index contributed by atoms with van der Waals surface area (Å²) < 4.78 is 10.4. The molecule has 0 atom stereocenters. The molecule has 0 aromatic heterocycles. The summed E-state index contributed by atoms with van der Waals surface area (Å²) in [5.41, 5.74) is 2.24. The van der Waals surface area contributed by atoms with Crippen LogP contribution >= 0.6 is 0 Å². The summed E-state index contributed by atoms with van der Waals surface area (Å²) in [5, 5.41) is 0. The van der Waals surface area contributed by atoms with Gasteiger partial charge >= 0.3 is 5.97 Å². The normalized spacial score (nSPS) is 11.0. The van der Waals surface area contributed by atoms with Gasteiger partial charge in [-0.05, 0) is 36.3 Å². The van der Waals surface area contributed by atoms with Crippen LogP contribution in [0.1, 0.15) is 18.1 Å². The largest absolute Gasteiger partial charge is 0.497 e. The fourth-order valence-electron chi connectivity index (χ4n) is 1.98. The van der Waals surface area contributed by atoms with Crippen LogP contribution in [0, 0.1) is 0 Å². The van der Waals surface area contributed by atoms with Gasteiger partial charge in [-0.3, -0.25) is 0 Å². The first-order valence-corrected chi connectivity index (χ1v) is 6.83. The molecule has 21 heavy (non-hydrogen) atoms. The molecule has 0 aliphatic rings. The number of carbonyl (C=O) groups excluding carboxylic acids is 1. The van der Waals surface area contributed by atoms with Gasteiger partial charge < -0.3 is 9.47 Å². The van der Waals surface area contributed by atoms with Gasteiger partial charge in [0.2, 0.25) is 0 Å². The van der Waals surface area contributed by atoms with E-state index in [0.717, 1.165) is 11.1 Å². The molecule has 0 bridgehead atoms. The summed E-state index contributed by atoms with van der Waals surface area (Å²) in [6.07, 6.45) is 1.83. The number of carbonyl (C=O) groups is 1. The van der Waals surface area contributed by atoms with Gasteiger partial charge in [0.1, 0.15) is 5.75 Å². The summed E-state index contributed by atoms with van der Waals surface area (Å²) in [6.45, 7) is 2.14. The molecule has 0 aliphatic carbocycles. The van der Waals surface area contributed by atoms with Gasteiger partial charge in [-0.1, -0.05) is 42.5 Å². The molecule has 0 aliphatic heterocycles. The first-order chi connectivity index (χ1) is 10.2. The topological polar surface area (TPSA) is 35.5 Å². The summed E-state index contributed by atoms with van der Waals surface area (Å²) in [6, 6.07) is 17.1. The maximum atomic E-state index is 12.2. The van der Waals surface area contributed by atoms with E-state index in [1.165, 1.54) is 0 Å². The second kappa shape index (κ2) is 7.29. The summed E-state index contributed by atoms with van der Waals surface area (Å²) >= 11 is 0. The standard InChI is InChI=1S/C18H18O3/c1-3-21-18(19)17(12-14-8-5-4-6-9-14)15-10-7-11-16(13-15)20-2/h4-13H,3H2,1-2H3/b17-12-. The van der Waals surface area contributed by atoms with Crippen LogP contribution in [-0.2, 0) is 9.53 Å². The smallest absolute Gasteiger partial charge is 0.338 e. The third-order valence-corrected chi connectivity index (χ3v) is 2.99. The number of benzene rings is 2. The van der Waals surface area contributed by atoms with Crippen molar-refractivity contribution in [3.8, 4) is 5.75 Å². The molecule has 0 radical (unpaired) electrons. The molecule has 0 amide bonds. The third kappa shape index (κ3) is 3.96. The molecule has 0 unspecified atom stereocenters. The molecule has 3 heteroatoms. The van der Waals surface area contributed by atoms with E-state index in [0.29, 0.717) is 17.9 Å². The van der Waals surface area contributed by atoms with Gasteiger partial charge in [0.05, 0.1) is 19.3 Å². The minimum atomic E-state index is -0.338. The van der Waals surface area contributed by atoms with Crippen molar-refractivity contribution in [3.63, 3.8) is 0 Å². The molecule has 0 N–H and O–H groups in total. The Morgan fingerprint density at radius 1 is 1.10 bits per heavy atom. The van der Waals surface area contributed by atoms with Crippen LogP contribution in [0.5, 0.6) is 5.75 Å². The van der Waals surface area contributed by atoms with Crippen molar-refractivity contribution in [1.29, 1.82) is 0 Å². The molecule has 0 fully saturated rings. The van der Waals surface area contributed by atoms with Gasteiger partial charge in [0, 0.05) is 0 Å². The zero-order valence-corrected chi connectivity index (χ0v) is 12.2. The molecule has 2 aromatic carbocycles. The fraction of sp³-hybridized carbons (Fsp3) is 0.167. The number of esters is 1. The lowest BCUT2D eigenvalue weighted by Gasteiger charge is -2.09. The highest BCUT2D eigenvalue weighted by molar-refractivity contribution is 6.21. The van der Waals surface area contributed by atoms with Gasteiger partial charge in [-0.25, -0.2) is 4.79 Å². The van der Waals surface area contributed by atoms with Crippen LogP contribution in [0.4, 0.5) is 0 Å². The second-order valence-electron chi connectivity index (χ2n) is 4.42. The molecular weight excluding hydrogens is 264 g/mol. The van der Waals surface area contributed by atoms with Gasteiger partial charge in [0.25, 0.3) is 0 Å². The minimum absolute atomic E-state index is 0.338. The zero-order valence-electron chi connectivity index (χ0n) is 12.2. The number of hydrogen-bond donors (Lipinski definition) is 0. The Labute approximate surface area is 124 Å². The molecule has 0 heterocycles. The van der Waals surface area contributed by atoms with Crippen molar-refractivity contribution in [2.75, 3.05) is 13.7 Å². The first kappa shape index (κ1) is 14.9. The lowest BCUT2D eigenvalue weighted by Crippen LogP contribution is -2.07. The van der Waals surface area contributed by atoms with E-state index in [9.17, 15) is 4.79 Å². The molecule has 2 aromatic rings. The van der Waals surface area contributed by atoms with Crippen LogP contribution < -0.4 is 4.74 Å². The Kier molecular flexibility index (Phi) is 5.16. The van der Waals surface area contributed by atoms with Crippen LogP contribution in [0.15, 0.2) is 54.6 Å². The zero-order chi connectivity index (χ0) is 15.1. The van der Waals surface area contributed by atoms with Gasteiger partial charge in [-0.2, -0.15) is 0 Å². The van der Waals surface area contributed by atoms with Gasteiger partial charge in [-0.15, -0.1) is 0 Å². The highest BCUT2D eigenvalue weighted by Gasteiger charge is 2.14. The maximum absolute atomic E-state index is 12.2. The maximum Gasteiger partial charge on any atom is 0.338 e. The molecule has 0 saturated heterocycles. The number of ether oxygens (including phenoxy) is 2. The first-order valence-electron chi connectivity index (χ1n) is 6.83. The fourth-order valence-corrected chi connectivity index (χ4v) is 1.98. The molecule has 2 rings (SSSR count). The molecule has 3 nitrogen and oxygen atoms in total. The summed E-state index contributed by atoms with van der Waals surface area (Å²) in [5.74, 6) is 0.366. The van der Waals surface area contributed by atoms with Crippen LogP contribution in [0.3, 0.4) is 0 Å². The van der Waals surface area contributed by atoms with Crippen molar-refractivity contribution in [2.45, 2.75) is 6.92 Å². The molecule has 0 saturated carbocycles. The summed E-state index contributed by atoms with van der Waals surface area (Å²) in [7, 11) is 1.60. The van der Waals surface area contributed by atoms with Crippen molar-refractivity contribution >= 4 is 17.6 Å². The van der Waals surface area contributed by atoms with E-state index >= 15 is 0 Å². The Balaban J connectivity index is 2.45. The minimum Gasteiger partial charge on any atom is -0.497 e. The average molecular weight is 282 g/mol. The highest BCUT2D eigenvalue weighted by Crippen LogP contribution is 2.23. The SMILES string of the molecule is CCOC(=O)/C(=C\c1ccccc1)c1cccc(OC)c1. The van der Waals surface area contributed by atoms with E-state index in [2.05, 4.69) is 0 Å². The predicted molar refractivity (Wildman–Crippen MR) is 83.9 cm³/mol. The van der Waals surface area contributed by atoms with E-state index in [4.69, 9.17) is 9.47 Å². The lowest BCUT2D eigenvalue weighted by atomic mass is 10.0. The van der Waals surface area contributed by atoms with E-state index in [1.54, 1.807) is 14.0 Å². The Bertz CT molecular complexity index is 630. The van der Waals surface area contributed by atoms with Crippen LogP contribution in [0.25, 0.3) is 11.6 Å². The average Bonchev–Trinajstić information content (AvgIpc) is 2.54. The number of methoxy groups -OCH3 is 1. The van der Waals surface area contributed by atoms with Crippen LogP contribution in [-0.4, -0.2) is 19.7 Å². The summed E-state index contributed by atoms with van der Waals surface area (Å²) in [4.78, 5) is 12.2. The second-order valence-corrected chi connectivity index (χ2v) is 4.42. The van der Waals surface area contributed by atoms with E-state index in [1.807, 2.05) is 60.7 Å². The third-order valence-electron chi connectivity index (χ3n) is 2.99. The van der Waals surface area contributed by atoms with Crippen LogP contribution in [0.2, 0.25) is 0 Å². The van der Waals surface area contributed by atoms with E-state index < -0.39 is 0 Å². The number of rotatable bonds is 5. The van der Waals surface area contributed by atoms with Gasteiger partial charge in [0.15, 0.2) is 0 Å². The van der Waals surface area contributed by atoms with Crippen molar-refractivity contribution in [2.24, 2.45) is 0 Å². The van der Waals surface area contributed by atoms with Crippen molar-refractivity contribution < 1.29 is 14.3 Å². The lowest BCUT2D eigenvalue weighted by molar-refractivity contribution is -0.136. The Morgan fingerprint density at radius 3 is 2.52 bits per heavy atom. The quantitative estimate of drug-likeness (QED) is 0.475. The predicted octanol–water partition coefficient (Wildman–Crippen LogP) is 3.80. The molecule has 0 spiro atoms. The Morgan fingerprint density at radius 2 is 1.86 bits per heavy atom. The molecule has 108 valence electrons. The highest BCUT2D eigenvalue weighted by atomic mass is 16.5. The van der Waals surface area contributed by atoms with Crippen molar-refractivity contribution in [1.82, 2.24) is 0 Å². The molecular formula is C18H18O3.